The highest BCUT2D eigenvalue weighted by atomic mass is 19.1. The van der Waals surface area contributed by atoms with Crippen molar-refractivity contribution in [3.8, 4) is 17.2 Å². The minimum Gasteiger partial charge on any atom is -0.495 e. The van der Waals surface area contributed by atoms with Crippen molar-refractivity contribution in [2.75, 3.05) is 51.3 Å². The number of nitrogens with one attached hydrogen (secondary N) is 1. The average molecular weight is 502 g/mol. The summed E-state index contributed by atoms with van der Waals surface area (Å²) in [5.74, 6) is 1.39. The van der Waals surface area contributed by atoms with Crippen molar-refractivity contribution in [1.29, 1.82) is 0 Å². The van der Waals surface area contributed by atoms with Crippen molar-refractivity contribution >= 4 is 5.69 Å². The lowest BCUT2D eigenvalue weighted by Crippen LogP contribution is -2.47. The smallest absolute Gasteiger partial charge is 0.247 e. The van der Waals surface area contributed by atoms with Crippen LogP contribution in [-0.4, -0.2) is 61.5 Å². The standard InChI is InChI=1S/C29H32FN5O2/c1-36-26-15-8-7-14-25(26)35-20-18-34(19-21-35)17-9-16-31-27(23-12-5-6-13-24(23)30)29-33-32-28(37-29)22-10-3-2-4-11-22/h2-8,10-15,27,31H,9,16-21H2,1H3. The topological polar surface area (TPSA) is 66.7 Å². The quantitative estimate of drug-likeness (QED) is 0.314. The summed E-state index contributed by atoms with van der Waals surface area (Å²) in [5, 5.41) is 11.9. The van der Waals surface area contributed by atoms with Gasteiger partial charge in [-0.15, -0.1) is 10.2 Å². The normalized spacial score (nSPS) is 15.0. The Morgan fingerprint density at radius 3 is 2.43 bits per heavy atom. The number of nitrogens with zero attached hydrogens (tertiary/aromatic N) is 4. The van der Waals surface area contributed by atoms with Gasteiger partial charge in [0.15, 0.2) is 0 Å². The van der Waals surface area contributed by atoms with Crippen LogP contribution < -0.4 is 15.0 Å². The van der Waals surface area contributed by atoms with Gasteiger partial charge < -0.3 is 19.4 Å². The molecule has 7 nitrogen and oxygen atoms in total. The number of anilines is 1. The fourth-order valence-electron chi connectivity index (χ4n) is 4.74. The van der Waals surface area contributed by atoms with Crippen molar-refractivity contribution < 1.29 is 13.5 Å². The maximum atomic E-state index is 14.7. The van der Waals surface area contributed by atoms with Gasteiger partial charge in [0.05, 0.1) is 12.8 Å². The Labute approximate surface area is 216 Å². The maximum absolute atomic E-state index is 14.7. The molecular weight excluding hydrogens is 469 g/mol. The second-order valence-electron chi connectivity index (χ2n) is 9.07. The van der Waals surface area contributed by atoms with Gasteiger partial charge in [-0.05, 0) is 49.8 Å². The summed E-state index contributed by atoms with van der Waals surface area (Å²) in [7, 11) is 1.72. The summed E-state index contributed by atoms with van der Waals surface area (Å²) in [6, 6.07) is 24.0. The number of rotatable bonds is 10. The Balaban J connectivity index is 1.18. The number of methoxy groups -OCH3 is 1. The van der Waals surface area contributed by atoms with Crippen LogP contribution in [0.15, 0.2) is 83.3 Å². The van der Waals surface area contributed by atoms with Crippen LogP contribution >= 0.6 is 0 Å². The van der Waals surface area contributed by atoms with Crippen LogP contribution in [0.2, 0.25) is 0 Å². The van der Waals surface area contributed by atoms with E-state index >= 15 is 0 Å². The van der Waals surface area contributed by atoms with E-state index in [2.05, 4.69) is 31.4 Å². The Morgan fingerprint density at radius 2 is 1.65 bits per heavy atom. The van der Waals surface area contributed by atoms with E-state index in [0.717, 1.165) is 56.1 Å². The fourth-order valence-corrected chi connectivity index (χ4v) is 4.74. The first-order valence-corrected chi connectivity index (χ1v) is 12.7. The predicted molar refractivity (Wildman–Crippen MR) is 142 cm³/mol. The lowest BCUT2D eigenvalue weighted by molar-refractivity contribution is 0.251. The van der Waals surface area contributed by atoms with Crippen LogP contribution in [0.3, 0.4) is 0 Å². The first-order valence-electron chi connectivity index (χ1n) is 12.7. The van der Waals surface area contributed by atoms with Gasteiger partial charge in [-0.2, -0.15) is 0 Å². The van der Waals surface area contributed by atoms with Crippen LogP contribution in [0.5, 0.6) is 5.75 Å². The van der Waals surface area contributed by atoms with E-state index in [1.807, 2.05) is 54.6 Å². The van der Waals surface area contributed by atoms with Crippen LogP contribution in [0.25, 0.3) is 11.5 Å². The first kappa shape index (κ1) is 24.9. The molecule has 2 heterocycles. The molecule has 192 valence electrons. The van der Waals surface area contributed by atoms with Crippen molar-refractivity contribution in [2.45, 2.75) is 12.5 Å². The third-order valence-electron chi connectivity index (χ3n) is 6.72. The second-order valence-corrected chi connectivity index (χ2v) is 9.07. The number of hydrogen-bond acceptors (Lipinski definition) is 7. The van der Waals surface area contributed by atoms with Crippen LogP contribution in [0, 0.1) is 5.82 Å². The van der Waals surface area contributed by atoms with E-state index in [4.69, 9.17) is 9.15 Å². The molecule has 37 heavy (non-hydrogen) atoms. The molecule has 0 radical (unpaired) electrons. The van der Waals surface area contributed by atoms with E-state index in [9.17, 15) is 4.39 Å². The summed E-state index contributed by atoms with van der Waals surface area (Å²) in [5.41, 5.74) is 2.48. The summed E-state index contributed by atoms with van der Waals surface area (Å²) in [4.78, 5) is 4.84. The lowest BCUT2D eigenvalue weighted by atomic mass is 10.1. The molecule has 0 bridgehead atoms. The summed E-state index contributed by atoms with van der Waals surface area (Å²) in [6.07, 6.45) is 0.916. The zero-order chi connectivity index (χ0) is 25.5. The van der Waals surface area contributed by atoms with Gasteiger partial charge in [-0.1, -0.05) is 48.5 Å². The number of halogens is 1. The fraction of sp³-hybridized carbons (Fsp3) is 0.310. The average Bonchev–Trinajstić information content (AvgIpc) is 3.45. The lowest BCUT2D eigenvalue weighted by Gasteiger charge is -2.36. The van der Waals surface area contributed by atoms with Crippen LogP contribution in [0.1, 0.15) is 23.9 Å². The minimum atomic E-state index is -0.520. The van der Waals surface area contributed by atoms with E-state index in [-0.39, 0.29) is 5.82 Å². The Kier molecular flexibility index (Phi) is 8.08. The number of para-hydroxylation sites is 2. The highest BCUT2D eigenvalue weighted by molar-refractivity contribution is 5.58. The molecule has 1 aliphatic heterocycles. The van der Waals surface area contributed by atoms with Gasteiger partial charge in [0.25, 0.3) is 0 Å². The van der Waals surface area contributed by atoms with Gasteiger partial charge >= 0.3 is 0 Å². The largest absolute Gasteiger partial charge is 0.495 e. The van der Waals surface area contributed by atoms with Crippen LogP contribution in [-0.2, 0) is 0 Å². The first-order chi connectivity index (χ1) is 18.2. The Hall–Kier alpha value is -3.75. The molecule has 1 saturated heterocycles. The molecule has 1 atom stereocenters. The molecule has 1 N–H and O–H groups in total. The molecule has 0 spiro atoms. The van der Waals surface area contributed by atoms with Gasteiger partial charge in [-0.3, -0.25) is 4.90 Å². The molecule has 8 heteroatoms. The van der Waals surface area contributed by atoms with E-state index < -0.39 is 6.04 Å². The third kappa shape index (κ3) is 5.98. The molecule has 0 saturated carbocycles. The van der Waals surface area contributed by atoms with E-state index in [1.165, 1.54) is 6.07 Å². The maximum Gasteiger partial charge on any atom is 0.247 e. The number of hydrogen-bond donors (Lipinski definition) is 1. The molecule has 0 aliphatic carbocycles. The van der Waals surface area contributed by atoms with Crippen molar-refractivity contribution in [3.63, 3.8) is 0 Å². The van der Waals surface area contributed by atoms with Crippen molar-refractivity contribution in [1.82, 2.24) is 20.4 Å². The van der Waals surface area contributed by atoms with Gasteiger partial charge in [-0.25, -0.2) is 4.39 Å². The summed E-state index contributed by atoms with van der Waals surface area (Å²) >= 11 is 0. The molecule has 3 aromatic carbocycles. The van der Waals surface area contributed by atoms with E-state index in [0.29, 0.717) is 23.9 Å². The van der Waals surface area contributed by atoms with Gasteiger partial charge in [0.1, 0.15) is 17.6 Å². The van der Waals surface area contributed by atoms with Gasteiger partial charge in [0, 0.05) is 37.3 Å². The highest BCUT2D eigenvalue weighted by Crippen LogP contribution is 2.29. The zero-order valence-electron chi connectivity index (χ0n) is 21.0. The highest BCUT2D eigenvalue weighted by Gasteiger charge is 2.24. The Morgan fingerprint density at radius 1 is 0.919 bits per heavy atom. The van der Waals surface area contributed by atoms with Gasteiger partial charge in [0.2, 0.25) is 11.8 Å². The summed E-state index contributed by atoms with van der Waals surface area (Å²) < 4.78 is 26.2. The molecular formula is C29H32FN5O2. The number of benzene rings is 3. The SMILES string of the molecule is COc1ccccc1N1CCN(CCCNC(c2nnc(-c3ccccc3)o2)c2ccccc2F)CC1. The second kappa shape index (κ2) is 12.0. The molecule has 1 aliphatic rings. The molecule has 4 aromatic rings. The monoisotopic (exact) mass is 501 g/mol. The number of piperazine rings is 1. The summed E-state index contributed by atoms with van der Waals surface area (Å²) in [6.45, 7) is 5.52. The Bertz CT molecular complexity index is 1270. The molecule has 1 fully saturated rings. The molecule has 5 rings (SSSR count). The number of ether oxygens (including phenoxy) is 1. The predicted octanol–water partition coefficient (Wildman–Crippen LogP) is 4.78. The van der Waals surface area contributed by atoms with Crippen LogP contribution in [0.4, 0.5) is 10.1 Å². The zero-order valence-corrected chi connectivity index (χ0v) is 21.0. The minimum absolute atomic E-state index is 0.299. The molecule has 1 unspecified atom stereocenters. The van der Waals surface area contributed by atoms with Crippen molar-refractivity contribution in [3.05, 3.63) is 96.1 Å². The van der Waals surface area contributed by atoms with E-state index in [1.54, 1.807) is 19.2 Å². The molecule has 0 amide bonds. The third-order valence-corrected chi connectivity index (χ3v) is 6.72. The van der Waals surface area contributed by atoms with Crippen molar-refractivity contribution in [2.24, 2.45) is 0 Å². The number of aromatic nitrogens is 2. The molecule has 1 aromatic heterocycles.